The first-order valence-corrected chi connectivity index (χ1v) is 5.05. The van der Waals surface area contributed by atoms with Crippen LogP contribution < -0.4 is 0 Å². The van der Waals surface area contributed by atoms with Crippen molar-refractivity contribution >= 4 is 16.5 Å². The minimum atomic E-state index is 0.723. The number of fused-ring (bicyclic) bond motifs is 1. The number of hydrogen-bond acceptors (Lipinski definition) is 2. The van der Waals surface area contributed by atoms with E-state index >= 15 is 0 Å². The predicted octanol–water partition coefficient (Wildman–Crippen LogP) is 3.43. The van der Waals surface area contributed by atoms with Gasteiger partial charge >= 0.3 is 0 Å². The van der Waals surface area contributed by atoms with E-state index in [-0.39, 0.29) is 0 Å². The second kappa shape index (κ2) is 4.13. The highest BCUT2D eigenvalue weighted by Gasteiger charge is 2.02. The lowest BCUT2D eigenvalue weighted by Crippen LogP contribution is -1.98. The fourth-order valence-electron chi connectivity index (χ4n) is 1.70. The van der Waals surface area contributed by atoms with Gasteiger partial charge in [0.15, 0.2) is 0 Å². The van der Waals surface area contributed by atoms with Gasteiger partial charge in [0, 0.05) is 0 Å². The summed E-state index contributed by atoms with van der Waals surface area (Å²) in [5.41, 5.74) is 1.71. The number of hydrogen-bond donors (Lipinski definition) is 1. The first-order chi connectivity index (χ1) is 7.35. The molecule has 0 fully saturated rings. The van der Waals surface area contributed by atoms with Crippen LogP contribution >= 0.6 is 0 Å². The lowest BCUT2D eigenvalue weighted by Gasteiger charge is -2.03. The molecule has 76 valence electrons. The van der Waals surface area contributed by atoms with Crippen LogP contribution in [0.5, 0.6) is 0 Å². The van der Waals surface area contributed by atoms with Crippen LogP contribution in [0.25, 0.3) is 10.8 Å². The molecule has 0 spiro atoms. The summed E-state index contributed by atoms with van der Waals surface area (Å²) in [6, 6.07) is 14.2. The molecule has 2 nitrogen and oxygen atoms in total. The molecule has 1 N–H and O–H groups in total. The summed E-state index contributed by atoms with van der Waals surface area (Å²) in [4.78, 5) is 0. The van der Waals surface area contributed by atoms with Gasteiger partial charge in [-0.1, -0.05) is 48.5 Å². The van der Waals surface area contributed by atoms with Gasteiger partial charge in [-0.05, 0) is 28.8 Å². The van der Waals surface area contributed by atoms with Crippen LogP contribution in [-0.2, 0) is 0 Å². The Morgan fingerprint density at radius 3 is 2.53 bits per heavy atom. The largest absolute Gasteiger partial charge is 0.411 e. The molecule has 15 heavy (non-hydrogen) atoms. The quantitative estimate of drug-likeness (QED) is 0.448. The molecule has 0 atom stereocenters. The van der Waals surface area contributed by atoms with Gasteiger partial charge < -0.3 is 5.21 Å². The lowest BCUT2D eigenvalue weighted by atomic mass is 10.0. The van der Waals surface area contributed by atoms with Crippen molar-refractivity contribution in [2.45, 2.75) is 13.3 Å². The van der Waals surface area contributed by atoms with Crippen molar-refractivity contribution in [3.63, 3.8) is 0 Å². The molecule has 0 saturated heterocycles. The molecular formula is C13H13NO. The number of rotatable bonds is 2. The highest BCUT2D eigenvalue weighted by Crippen LogP contribution is 2.16. The fourth-order valence-corrected chi connectivity index (χ4v) is 1.70. The van der Waals surface area contributed by atoms with Crippen LogP contribution in [0.15, 0.2) is 47.6 Å². The van der Waals surface area contributed by atoms with Crippen LogP contribution in [0.2, 0.25) is 0 Å². The van der Waals surface area contributed by atoms with E-state index in [1.165, 1.54) is 10.8 Å². The first kappa shape index (κ1) is 9.71. The zero-order chi connectivity index (χ0) is 10.7. The molecule has 0 radical (unpaired) electrons. The fraction of sp³-hybridized carbons (Fsp3) is 0.154. The van der Waals surface area contributed by atoms with Crippen molar-refractivity contribution in [1.29, 1.82) is 0 Å². The molecule has 0 unspecified atom stereocenters. The molecule has 0 aliphatic carbocycles. The van der Waals surface area contributed by atoms with Crippen LogP contribution in [0, 0.1) is 0 Å². The monoisotopic (exact) mass is 199 g/mol. The average molecular weight is 199 g/mol. The third-order valence-corrected chi connectivity index (χ3v) is 2.54. The zero-order valence-corrected chi connectivity index (χ0v) is 8.64. The van der Waals surface area contributed by atoms with E-state index in [0.717, 1.165) is 17.7 Å². The minimum absolute atomic E-state index is 0.723. The van der Waals surface area contributed by atoms with Gasteiger partial charge in [0.25, 0.3) is 0 Å². The number of nitrogens with zero attached hydrogens (tertiary/aromatic N) is 1. The molecule has 0 saturated carbocycles. The van der Waals surface area contributed by atoms with Crippen molar-refractivity contribution in [2.24, 2.45) is 5.16 Å². The number of oxime groups is 1. The van der Waals surface area contributed by atoms with Gasteiger partial charge in [-0.3, -0.25) is 0 Å². The highest BCUT2D eigenvalue weighted by molar-refractivity contribution is 6.02. The van der Waals surface area contributed by atoms with Crippen LogP contribution in [-0.4, -0.2) is 10.9 Å². The minimum Gasteiger partial charge on any atom is -0.411 e. The van der Waals surface area contributed by atoms with Gasteiger partial charge in [0.05, 0.1) is 5.71 Å². The summed E-state index contributed by atoms with van der Waals surface area (Å²) in [5, 5.41) is 14.5. The van der Waals surface area contributed by atoms with Crippen molar-refractivity contribution in [3.8, 4) is 0 Å². The lowest BCUT2D eigenvalue weighted by molar-refractivity contribution is 0.318. The van der Waals surface area contributed by atoms with E-state index in [0.29, 0.717) is 0 Å². The van der Waals surface area contributed by atoms with Gasteiger partial charge in [-0.15, -0.1) is 0 Å². The van der Waals surface area contributed by atoms with E-state index < -0.39 is 0 Å². The maximum absolute atomic E-state index is 8.84. The maximum atomic E-state index is 8.84. The van der Waals surface area contributed by atoms with Crippen LogP contribution in [0.1, 0.15) is 18.9 Å². The van der Waals surface area contributed by atoms with Crippen LogP contribution in [0.3, 0.4) is 0 Å². The normalized spacial score (nSPS) is 11.9. The Balaban J connectivity index is 2.56. The van der Waals surface area contributed by atoms with Crippen molar-refractivity contribution in [1.82, 2.24) is 0 Å². The second-order valence-corrected chi connectivity index (χ2v) is 3.46. The van der Waals surface area contributed by atoms with Crippen molar-refractivity contribution in [3.05, 3.63) is 48.0 Å². The third-order valence-electron chi connectivity index (χ3n) is 2.54. The Bertz CT molecular complexity index is 503. The molecular weight excluding hydrogens is 186 g/mol. The van der Waals surface area contributed by atoms with Crippen molar-refractivity contribution < 1.29 is 5.21 Å². The van der Waals surface area contributed by atoms with Gasteiger partial charge in [0.1, 0.15) is 0 Å². The SMILES string of the molecule is CC/C(=N\O)c1ccc2ccccc2c1. The summed E-state index contributed by atoms with van der Waals surface area (Å²) in [7, 11) is 0. The molecule has 0 heterocycles. The Hall–Kier alpha value is -1.83. The predicted molar refractivity (Wildman–Crippen MR) is 62.6 cm³/mol. The Morgan fingerprint density at radius 1 is 1.13 bits per heavy atom. The molecule has 0 aliphatic heterocycles. The molecule has 0 bridgehead atoms. The molecule has 2 aromatic carbocycles. The Labute approximate surface area is 88.9 Å². The maximum Gasteiger partial charge on any atom is 0.0865 e. The Kier molecular flexibility index (Phi) is 2.68. The molecule has 2 aromatic rings. The van der Waals surface area contributed by atoms with E-state index in [4.69, 9.17) is 5.21 Å². The van der Waals surface area contributed by atoms with E-state index in [9.17, 15) is 0 Å². The summed E-state index contributed by atoms with van der Waals surface area (Å²) < 4.78 is 0. The van der Waals surface area contributed by atoms with E-state index in [1.54, 1.807) is 0 Å². The highest BCUT2D eigenvalue weighted by atomic mass is 16.4. The topological polar surface area (TPSA) is 32.6 Å². The first-order valence-electron chi connectivity index (χ1n) is 5.05. The van der Waals surface area contributed by atoms with Gasteiger partial charge in [-0.2, -0.15) is 0 Å². The molecule has 0 aromatic heterocycles. The molecule has 0 amide bonds. The smallest absolute Gasteiger partial charge is 0.0865 e. The van der Waals surface area contributed by atoms with Gasteiger partial charge in [-0.25, -0.2) is 0 Å². The number of benzene rings is 2. The summed E-state index contributed by atoms with van der Waals surface area (Å²) in [5.74, 6) is 0. The van der Waals surface area contributed by atoms with Crippen LogP contribution in [0.4, 0.5) is 0 Å². The third kappa shape index (κ3) is 1.84. The van der Waals surface area contributed by atoms with Gasteiger partial charge in [0.2, 0.25) is 0 Å². The van der Waals surface area contributed by atoms with E-state index in [2.05, 4.69) is 17.3 Å². The Morgan fingerprint density at radius 2 is 1.87 bits per heavy atom. The summed E-state index contributed by atoms with van der Waals surface area (Å²) in [6.45, 7) is 1.98. The van der Waals surface area contributed by atoms with E-state index in [1.807, 2.05) is 37.3 Å². The molecule has 2 heteroatoms. The summed E-state index contributed by atoms with van der Waals surface area (Å²) >= 11 is 0. The average Bonchev–Trinajstić information content (AvgIpc) is 2.30. The standard InChI is InChI=1S/C13H13NO/c1-2-13(14-15)12-8-7-10-5-3-4-6-11(10)9-12/h3-9,15H,2H2,1H3/b14-13+. The zero-order valence-electron chi connectivity index (χ0n) is 8.64. The van der Waals surface area contributed by atoms with Crippen molar-refractivity contribution in [2.75, 3.05) is 0 Å². The molecule has 0 aliphatic rings. The molecule has 2 rings (SSSR count). The second-order valence-electron chi connectivity index (χ2n) is 3.46. The summed E-state index contributed by atoms with van der Waals surface area (Å²) in [6.07, 6.45) is 0.731.